The molecule has 0 bridgehead atoms. The van der Waals surface area contributed by atoms with Crippen LogP contribution in [-0.4, -0.2) is 16.1 Å². The summed E-state index contributed by atoms with van der Waals surface area (Å²) in [6.07, 6.45) is 3.37. The Morgan fingerprint density at radius 1 is 1.30 bits per heavy atom. The minimum Gasteiger partial charge on any atom is -0.325 e. The minimum absolute atomic E-state index is 0.152. The van der Waals surface area contributed by atoms with Crippen molar-refractivity contribution in [3.63, 3.8) is 0 Å². The van der Waals surface area contributed by atoms with Gasteiger partial charge in [-0.05, 0) is 43.7 Å². The standard InChI is InChI=1S/C15H15FN2OS/c1-10-3-4-12(16)9-14(10)18-15(19)11(2)20-13-5-7-17-8-6-13/h3-9,11H,1-2H3,(H,18,19)/t11-/m1/s1. The molecule has 1 N–H and O–H groups in total. The van der Waals surface area contributed by atoms with Crippen LogP contribution in [-0.2, 0) is 4.79 Å². The molecule has 0 aliphatic heterocycles. The predicted octanol–water partition coefficient (Wildman–Crippen LogP) is 3.65. The van der Waals surface area contributed by atoms with Gasteiger partial charge in [0, 0.05) is 23.0 Å². The fourth-order valence-electron chi connectivity index (χ4n) is 1.64. The van der Waals surface area contributed by atoms with Crippen molar-refractivity contribution in [2.24, 2.45) is 0 Å². The van der Waals surface area contributed by atoms with E-state index in [1.165, 1.54) is 23.9 Å². The summed E-state index contributed by atoms with van der Waals surface area (Å²) in [4.78, 5) is 17.0. The van der Waals surface area contributed by atoms with E-state index in [-0.39, 0.29) is 17.0 Å². The zero-order valence-electron chi connectivity index (χ0n) is 11.3. The number of aryl methyl sites for hydroxylation is 1. The van der Waals surface area contributed by atoms with E-state index in [0.29, 0.717) is 5.69 Å². The average Bonchev–Trinajstić information content (AvgIpc) is 2.44. The number of carbonyl (C=O) groups is 1. The van der Waals surface area contributed by atoms with Gasteiger partial charge in [-0.2, -0.15) is 0 Å². The molecule has 0 fully saturated rings. The summed E-state index contributed by atoms with van der Waals surface area (Å²) in [7, 11) is 0. The van der Waals surface area contributed by atoms with Crippen LogP contribution in [0, 0.1) is 12.7 Å². The molecule has 0 saturated heterocycles. The molecule has 0 radical (unpaired) electrons. The van der Waals surface area contributed by atoms with Crippen LogP contribution in [0.2, 0.25) is 0 Å². The van der Waals surface area contributed by atoms with Crippen LogP contribution in [0.4, 0.5) is 10.1 Å². The highest BCUT2D eigenvalue weighted by Crippen LogP contribution is 2.24. The van der Waals surface area contributed by atoms with Crippen molar-refractivity contribution < 1.29 is 9.18 Å². The second kappa shape index (κ2) is 6.52. The van der Waals surface area contributed by atoms with Crippen LogP contribution in [0.1, 0.15) is 12.5 Å². The van der Waals surface area contributed by atoms with Crippen molar-refractivity contribution in [3.8, 4) is 0 Å². The number of aromatic nitrogens is 1. The van der Waals surface area contributed by atoms with Crippen molar-refractivity contribution in [3.05, 3.63) is 54.1 Å². The number of rotatable bonds is 4. The molecule has 0 unspecified atom stereocenters. The summed E-state index contributed by atoms with van der Waals surface area (Å²) in [6, 6.07) is 8.05. The number of carbonyl (C=O) groups excluding carboxylic acids is 1. The zero-order valence-corrected chi connectivity index (χ0v) is 12.1. The van der Waals surface area contributed by atoms with Gasteiger partial charge in [-0.1, -0.05) is 6.07 Å². The molecule has 1 heterocycles. The summed E-state index contributed by atoms with van der Waals surface area (Å²) >= 11 is 1.44. The molecule has 0 aliphatic carbocycles. The second-order valence-electron chi connectivity index (χ2n) is 4.39. The first-order chi connectivity index (χ1) is 9.56. The van der Waals surface area contributed by atoms with Crippen LogP contribution >= 0.6 is 11.8 Å². The van der Waals surface area contributed by atoms with Crippen molar-refractivity contribution in [1.29, 1.82) is 0 Å². The summed E-state index contributed by atoms with van der Waals surface area (Å²) in [5, 5.41) is 2.48. The quantitative estimate of drug-likeness (QED) is 0.874. The van der Waals surface area contributed by atoms with Gasteiger partial charge in [0.1, 0.15) is 5.82 Å². The smallest absolute Gasteiger partial charge is 0.237 e. The average molecular weight is 290 g/mol. The topological polar surface area (TPSA) is 42.0 Å². The Hall–Kier alpha value is -1.88. The maximum Gasteiger partial charge on any atom is 0.237 e. The van der Waals surface area contributed by atoms with Crippen LogP contribution in [0.3, 0.4) is 0 Å². The predicted molar refractivity (Wildman–Crippen MR) is 79.3 cm³/mol. The Morgan fingerprint density at radius 2 is 2.00 bits per heavy atom. The Balaban J connectivity index is 2.02. The van der Waals surface area contributed by atoms with Gasteiger partial charge in [0.25, 0.3) is 0 Å². The SMILES string of the molecule is Cc1ccc(F)cc1NC(=O)[C@@H](C)Sc1ccncc1. The normalized spacial score (nSPS) is 11.9. The maximum absolute atomic E-state index is 13.2. The monoisotopic (exact) mass is 290 g/mol. The van der Waals surface area contributed by atoms with Gasteiger partial charge in [-0.15, -0.1) is 11.8 Å². The molecule has 2 rings (SSSR count). The summed E-state index contributed by atoms with van der Waals surface area (Å²) in [6.45, 7) is 3.64. The van der Waals surface area contributed by atoms with E-state index in [9.17, 15) is 9.18 Å². The van der Waals surface area contributed by atoms with Gasteiger partial charge in [-0.3, -0.25) is 9.78 Å². The van der Waals surface area contributed by atoms with E-state index in [1.54, 1.807) is 18.5 Å². The zero-order chi connectivity index (χ0) is 14.5. The lowest BCUT2D eigenvalue weighted by Crippen LogP contribution is -2.22. The lowest BCUT2D eigenvalue weighted by molar-refractivity contribution is -0.115. The minimum atomic E-state index is -0.361. The third kappa shape index (κ3) is 3.81. The largest absolute Gasteiger partial charge is 0.325 e. The Bertz CT molecular complexity index is 604. The fraction of sp³-hybridized carbons (Fsp3) is 0.200. The van der Waals surface area contributed by atoms with Crippen LogP contribution < -0.4 is 5.32 Å². The van der Waals surface area contributed by atoms with Gasteiger partial charge in [0.05, 0.1) is 5.25 Å². The molecule has 1 aromatic heterocycles. The lowest BCUT2D eigenvalue weighted by Gasteiger charge is -2.13. The third-order valence-corrected chi connectivity index (χ3v) is 3.90. The number of pyridine rings is 1. The van der Waals surface area contributed by atoms with Gasteiger partial charge < -0.3 is 5.32 Å². The first-order valence-electron chi connectivity index (χ1n) is 6.20. The highest BCUT2D eigenvalue weighted by atomic mass is 32.2. The number of amides is 1. The molecule has 0 aliphatic rings. The van der Waals surface area contributed by atoms with E-state index in [0.717, 1.165) is 10.5 Å². The molecule has 1 amide bonds. The van der Waals surface area contributed by atoms with E-state index in [1.807, 2.05) is 26.0 Å². The highest BCUT2D eigenvalue weighted by Gasteiger charge is 2.15. The molecular weight excluding hydrogens is 275 g/mol. The summed E-state index contributed by atoms with van der Waals surface area (Å²) < 4.78 is 13.2. The molecule has 104 valence electrons. The number of halogens is 1. The van der Waals surface area contributed by atoms with E-state index in [2.05, 4.69) is 10.3 Å². The van der Waals surface area contributed by atoms with Gasteiger partial charge >= 0.3 is 0 Å². The molecule has 1 aromatic carbocycles. The number of hydrogen-bond donors (Lipinski definition) is 1. The van der Waals surface area contributed by atoms with Gasteiger partial charge in [-0.25, -0.2) is 4.39 Å². The molecule has 2 aromatic rings. The van der Waals surface area contributed by atoms with Crippen LogP contribution in [0.25, 0.3) is 0 Å². The Labute approximate surface area is 121 Å². The fourth-order valence-corrected chi connectivity index (χ4v) is 2.49. The number of anilines is 1. The van der Waals surface area contributed by atoms with E-state index in [4.69, 9.17) is 0 Å². The molecule has 3 nitrogen and oxygen atoms in total. The third-order valence-electron chi connectivity index (χ3n) is 2.79. The first-order valence-corrected chi connectivity index (χ1v) is 7.08. The van der Waals surface area contributed by atoms with E-state index >= 15 is 0 Å². The Kier molecular flexibility index (Phi) is 4.74. The van der Waals surface area contributed by atoms with Gasteiger partial charge in [0.2, 0.25) is 5.91 Å². The van der Waals surface area contributed by atoms with Crippen molar-refractivity contribution in [2.75, 3.05) is 5.32 Å². The number of nitrogens with one attached hydrogen (secondary N) is 1. The first kappa shape index (κ1) is 14.5. The maximum atomic E-state index is 13.2. The molecule has 0 spiro atoms. The molecule has 5 heteroatoms. The van der Waals surface area contributed by atoms with Crippen LogP contribution in [0.5, 0.6) is 0 Å². The number of hydrogen-bond acceptors (Lipinski definition) is 3. The van der Waals surface area contributed by atoms with E-state index < -0.39 is 0 Å². The molecule has 1 atom stereocenters. The second-order valence-corrected chi connectivity index (χ2v) is 5.81. The lowest BCUT2D eigenvalue weighted by atomic mass is 10.2. The Morgan fingerprint density at radius 3 is 2.70 bits per heavy atom. The number of thioether (sulfide) groups is 1. The highest BCUT2D eigenvalue weighted by molar-refractivity contribution is 8.00. The van der Waals surface area contributed by atoms with Crippen molar-refractivity contribution in [2.45, 2.75) is 24.0 Å². The number of nitrogens with zero attached hydrogens (tertiary/aromatic N) is 1. The van der Waals surface area contributed by atoms with Gasteiger partial charge in [0.15, 0.2) is 0 Å². The summed E-state index contributed by atoms with van der Waals surface area (Å²) in [5.74, 6) is -0.513. The van der Waals surface area contributed by atoms with Crippen molar-refractivity contribution >= 4 is 23.4 Å². The van der Waals surface area contributed by atoms with Crippen molar-refractivity contribution in [1.82, 2.24) is 4.98 Å². The van der Waals surface area contributed by atoms with Crippen LogP contribution in [0.15, 0.2) is 47.6 Å². The number of benzene rings is 1. The summed E-state index contributed by atoms with van der Waals surface area (Å²) in [5.41, 5.74) is 1.35. The molecule has 0 saturated carbocycles. The molecular formula is C15H15FN2OS. The molecule has 20 heavy (non-hydrogen) atoms.